The van der Waals surface area contributed by atoms with Gasteiger partial charge in [-0.2, -0.15) is 0 Å². The summed E-state index contributed by atoms with van der Waals surface area (Å²) in [5, 5.41) is 12.0. The standard InChI is InChI=1S/C24H29FN2O4S/c1-24(2,3)27(23(28)29)14-11-19(12-15-27)26-13-10-17-16-21(8-9-22(17)26)32(30,31)20-6-4-18(25)5-7-20/h4-9,16,19H,10-15H2,1-3H3. The quantitative estimate of drug-likeness (QED) is 0.520. The molecule has 1 saturated heterocycles. The van der Waals surface area contributed by atoms with E-state index in [-0.39, 0.29) is 20.3 Å². The van der Waals surface area contributed by atoms with Crippen LogP contribution in [0.1, 0.15) is 39.2 Å². The molecule has 6 nitrogen and oxygen atoms in total. The first-order valence-corrected chi connectivity index (χ1v) is 12.4. The number of quaternary nitrogens is 1. The van der Waals surface area contributed by atoms with Crippen LogP contribution in [0.5, 0.6) is 0 Å². The van der Waals surface area contributed by atoms with Gasteiger partial charge in [0.2, 0.25) is 9.84 Å². The van der Waals surface area contributed by atoms with Gasteiger partial charge >= 0.3 is 0 Å². The zero-order chi connectivity index (χ0) is 23.3. The molecule has 0 saturated carbocycles. The number of anilines is 1. The van der Waals surface area contributed by atoms with Crippen molar-refractivity contribution in [1.82, 2.24) is 0 Å². The number of nitrogens with zero attached hydrogens (tertiary/aromatic N) is 2. The maximum absolute atomic E-state index is 13.2. The van der Waals surface area contributed by atoms with Gasteiger partial charge in [-0.05, 0) is 75.2 Å². The van der Waals surface area contributed by atoms with Gasteiger partial charge in [0.05, 0.1) is 28.4 Å². The monoisotopic (exact) mass is 460 g/mol. The molecule has 8 heteroatoms. The first-order valence-electron chi connectivity index (χ1n) is 10.9. The fourth-order valence-electron chi connectivity index (χ4n) is 5.13. The van der Waals surface area contributed by atoms with Crippen molar-refractivity contribution in [3.63, 3.8) is 0 Å². The maximum atomic E-state index is 13.2. The zero-order valence-electron chi connectivity index (χ0n) is 18.7. The lowest BCUT2D eigenvalue weighted by molar-refractivity contribution is -0.923. The zero-order valence-corrected chi connectivity index (χ0v) is 19.5. The van der Waals surface area contributed by atoms with Gasteiger partial charge in [-0.25, -0.2) is 12.8 Å². The number of piperidine rings is 1. The Morgan fingerprint density at radius 1 is 1.06 bits per heavy atom. The minimum Gasteiger partial charge on any atom is -0.498 e. The number of carbonyl (C=O) groups excluding carboxylic acids is 1. The number of carbonyl (C=O) groups is 1. The minimum absolute atomic E-state index is 0.0426. The van der Waals surface area contributed by atoms with Crippen LogP contribution in [0.4, 0.5) is 14.9 Å². The summed E-state index contributed by atoms with van der Waals surface area (Å²) in [7, 11) is -3.72. The molecule has 4 rings (SSSR count). The van der Waals surface area contributed by atoms with Gasteiger partial charge in [-0.3, -0.25) is 4.48 Å². The summed E-state index contributed by atoms with van der Waals surface area (Å²) in [6.45, 7) is 7.63. The molecular formula is C24H29FN2O4S. The Morgan fingerprint density at radius 3 is 2.22 bits per heavy atom. The third kappa shape index (κ3) is 3.69. The van der Waals surface area contributed by atoms with Crippen molar-refractivity contribution < 1.29 is 27.2 Å². The lowest BCUT2D eigenvalue weighted by Gasteiger charge is -2.52. The van der Waals surface area contributed by atoms with Crippen molar-refractivity contribution in [1.29, 1.82) is 0 Å². The third-order valence-corrected chi connectivity index (χ3v) is 8.95. The SMILES string of the molecule is CC(C)(C)[N+]1(C(=O)[O-])CCC(N2CCc3cc(S(=O)(=O)c4ccc(F)cc4)ccc32)CC1. The Labute approximate surface area is 188 Å². The smallest absolute Gasteiger partial charge is 0.257 e. The van der Waals surface area contributed by atoms with Crippen molar-refractivity contribution in [2.45, 2.75) is 61.4 Å². The second kappa shape index (κ2) is 7.85. The van der Waals surface area contributed by atoms with E-state index in [1.165, 1.54) is 12.1 Å². The van der Waals surface area contributed by atoms with Crippen molar-refractivity contribution in [3.8, 4) is 0 Å². The Bertz CT molecular complexity index is 1130. The molecule has 0 unspecified atom stereocenters. The summed E-state index contributed by atoms with van der Waals surface area (Å²) in [5.74, 6) is -0.478. The molecule has 0 N–H and O–H groups in total. The van der Waals surface area contributed by atoms with Crippen LogP contribution >= 0.6 is 0 Å². The van der Waals surface area contributed by atoms with Crippen LogP contribution < -0.4 is 10.0 Å². The van der Waals surface area contributed by atoms with Gasteiger partial charge in [0.1, 0.15) is 5.82 Å². The highest BCUT2D eigenvalue weighted by atomic mass is 32.2. The summed E-state index contributed by atoms with van der Waals surface area (Å²) < 4.78 is 39.1. The molecule has 2 aliphatic rings. The van der Waals surface area contributed by atoms with Crippen molar-refractivity contribution in [3.05, 3.63) is 53.8 Å². The summed E-state index contributed by atoms with van der Waals surface area (Å²) in [5.41, 5.74) is 1.54. The van der Waals surface area contributed by atoms with E-state index in [1.807, 2.05) is 26.8 Å². The summed E-state index contributed by atoms with van der Waals surface area (Å²) in [4.78, 5) is 14.5. The number of carboxylic acid groups (broad SMARTS) is 1. The van der Waals surface area contributed by atoms with Gasteiger partial charge in [-0.1, -0.05) is 0 Å². The summed E-state index contributed by atoms with van der Waals surface area (Å²) in [6, 6.07) is 10.2. The Balaban J connectivity index is 1.55. The van der Waals surface area contributed by atoms with Crippen LogP contribution in [0.15, 0.2) is 52.3 Å². The number of sulfone groups is 1. The number of amides is 1. The number of halogens is 1. The fraction of sp³-hybridized carbons (Fsp3) is 0.458. The average molecular weight is 461 g/mol. The molecule has 32 heavy (non-hydrogen) atoms. The van der Waals surface area contributed by atoms with Crippen LogP contribution in [0.25, 0.3) is 0 Å². The molecule has 2 aliphatic heterocycles. The van der Waals surface area contributed by atoms with Gasteiger partial charge in [0.15, 0.2) is 0 Å². The maximum Gasteiger partial charge on any atom is 0.257 e. The molecule has 2 aromatic carbocycles. The highest BCUT2D eigenvalue weighted by Crippen LogP contribution is 2.38. The van der Waals surface area contributed by atoms with E-state index in [0.29, 0.717) is 13.1 Å². The van der Waals surface area contributed by atoms with Gasteiger partial charge in [0.25, 0.3) is 6.09 Å². The van der Waals surface area contributed by atoms with Gasteiger partial charge in [0, 0.05) is 31.1 Å². The van der Waals surface area contributed by atoms with Crippen molar-refractivity contribution in [2.75, 3.05) is 24.5 Å². The van der Waals surface area contributed by atoms with E-state index in [0.717, 1.165) is 49.2 Å². The number of benzene rings is 2. The first-order chi connectivity index (χ1) is 15.0. The van der Waals surface area contributed by atoms with Crippen LogP contribution in [-0.4, -0.2) is 50.2 Å². The van der Waals surface area contributed by atoms with E-state index in [2.05, 4.69) is 4.90 Å². The minimum atomic E-state index is -3.72. The third-order valence-electron chi connectivity index (χ3n) is 7.18. The lowest BCUT2D eigenvalue weighted by Crippen LogP contribution is -2.71. The molecule has 172 valence electrons. The van der Waals surface area contributed by atoms with E-state index in [1.54, 1.807) is 12.1 Å². The summed E-state index contributed by atoms with van der Waals surface area (Å²) in [6.07, 6.45) is 1.19. The predicted molar refractivity (Wildman–Crippen MR) is 118 cm³/mol. The highest BCUT2D eigenvalue weighted by Gasteiger charge is 2.46. The topological polar surface area (TPSA) is 77.5 Å². The second-order valence-electron chi connectivity index (χ2n) is 9.77. The van der Waals surface area contributed by atoms with E-state index in [4.69, 9.17) is 0 Å². The molecule has 0 radical (unpaired) electrons. The molecule has 1 fully saturated rings. The molecule has 2 heterocycles. The number of rotatable bonds is 3. The summed E-state index contributed by atoms with van der Waals surface area (Å²) >= 11 is 0. The predicted octanol–water partition coefficient (Wildman–Crippen LogP) is 3.14. The van der Waals surface area contributed by atoms with Crippen molar-refractivity contribution >= 4 is 21.6 Å². The van der Waals surface area contributed by atoms with Crippen molar-refractivity contribution in [2.24, 2.45) is 0 Å². The molecule has 0 aromatic heterocycles. The number of fused-ring (bicyclic) bond motifs is 1. The number of likely N-dealkylation sites (tertiary alicyclic amines) is 1. The Morgan fingerprint density at radius 2 is 1.66 bits per heavy atom. The number of hydrogen-bond acceptors (Lipinski definition) is 5. The molecular weight excluding hydrogens is 431 g/mol. The molecule has 2 aromatic rings. The highest BCUT2D eigenvalue weighted by molar-refractivity contribution is 7.91. The molecule has 0 atom stereocenters. The Kier molecular flexibility index (Phi) is 5.57. The lowest BCUT2D eigenvalue weighted by atomic mass is 9.93. The van der Waals surface area contributed by atoms with Gasteiger partial charge < -0.3 is 14.8 Å². The van der Waals surface area contributed by atoms with E-state index >= 15 is 0 Å². The Hall–Kier alpha value is -2.45. The largest absolute Gasteiger partial charge is 0.498 e. The molecule has 0 aliphatic carbocycles. The second-order valence-corrected chi connectivity index (χ2v) is 11.7. The normalized spacial score (nSPS) is 23.8. The molecule has 1 amide bonds. The van der Waals surface area contributed by atoms with Gasteiger partial charge in [-0.15, -0.1) is 0 Å². The van der Waals surface area contributed by atoms with Crippen LogP contribution in [0.2, 0.25) is 0 Å². The van der Waals surface area contributed by atoms with Crippen LogP contribution in [0.3, 0.4) is 0 Å². The van der Waals surface area contributed by atoms with Crippen LogP contribution in [-0.2, 0) is 16.3 Å². The van der Waals surface area contributed by atoms with E-state index < -0.39 is 27.3 Å². The van der Waals surface area contributed by atoms with E-state index in [9.17, 15) is 22.7 Å². The van der Waals surface area contributed by atoms with Crippen LogP contribution in [0, 0.1) is 5.82 Å². The molecule has 0 bridgehead atoms. The molecule has 0 spiro atoms. The average Bonchev–Trinajstić information content (AvgIpc) is 3.16. The number of hydrogen-bond donors (Lipinski definition) is 0. The fourth-order valence-corrected chi connectivity index (χ4v) is 6.44. The first kappa shape index (κ1) is 22.7.